The van der Waals surface area contributed by atoms with Crippen LogP contribution in [0.3, 0.4) is 0 Å². The molecule has 1 atom stereocenters. The van der Waals surface area contributed by atoms with E-state index in [2.05, 4.69) is 12.2 Å². The summed E-state index contributed by atoms with van der Waals surface area (Å²) in [5.74, 6) is 0.257. The number of benzene rings is 1. The minimum atomic E-state index is -0.479. The summed E-state index contributed by atoms with van der Waals surface area (Å²) in [6.45, 7) is 2.19. The number of carbonyl (C=O) groups excluding carboxylic acids is 2. The van der Waals surface area contributed by atoms with E-state index < -0.39 is 5.91 Å². The minimum Gasteiger partial charge on any atom is -0.365 e. The van der Waals surface area contributed by atoms with Gasteiger partial charge in [0.2, 0.25) is 5.91 Å². The van der Waals surface area contributed by atoms with E-state index in [9.17, 15) is 14.0 Å². The van der Waals surface area contributed by atoms with Crippen molar-refractivity contribution in [1.29, 1.82) is 0 Å². The van der Waals surface area contributed by atoms with Crippen molar-refractivity contribution in [3.8, 4) is 0 Å². The van der Waals surface area contributed by atoms with Crippen LogP contribution in [0.5, 0.6) is 0 Å². The number of halogens is 1. The van der Waals surface area contributed by atoms with Crippen LogP contribution in [-0.4, -0.2) is 17.6 Å². The smallest absolute Gasteiger partial charge is 0.251 e. The van der Waals surface area contributed by atoms with Gasteiger partial charge in [-0.05, 0) is 55.0 Å². The van der Waals surface area contributed by atoms with Crippen molar-refractivity contribution < 1.29 is 14.0 Å². The van der Waals surface area contributed by atoms with E-state index in [0.29, 0.717) is 28.7 Å². The summed E-state index contributed by atoms with van der Waals surface area (Å²) in [5, 5.41) is 3.44. The number of thiophene rings is 1. The number of anilines is 1. The van der Waals surface area contributed by atoms with Gasteiger partial charge in [0.1, 0.15) is 10.8 Å². The lowest BCUT2D eigenvalue weighted by Crippen LogP contribution is -2.19. The Morgan fingerprint density at radius 3 is 2.77 bits per heavy atom. The third-order valence-electron chi connectivity index (χ3n) is 4.42. The van der Waals surface area contributed by atoms with Crippen molar-refractivity contribution >= 4 is 39.9 Å². The number of primary amides is 1. The van der Waals surface area contributed by atoms with E-state index in [0.717, 1.165) is 34.6 Å². The molecule has 0 bridgehead atoms. The van der Waals surface area contributed by atoms with E-state index in [4.69, 9.17) is 5.73 Å². The predicted octanol–water partition coefficient (Wildman–Crippen LogP) is 4.23. The number of thioether (sulfide) groups is 1. The summed E-state index contributed by atoms with van der Waals surface area (Å²) >= 11 is 2.96. The molecule has 4 nitrogen and oxygen atoms in total. The van der Waals surface area contributed by atoms with Crippen LogP contribution < -0.4 is 11.1 Å². The van der Waals surface area contributed by atoms with Gasteiger partial charge in [-0.25, -0.2) is 4.39 Å². The number of hydrogen-bond acceptors (Lipinski definition) is 4. The fraction of sp³-hybridized carbons (Fsp3) is 0.368. The van der Waals surface area contributed by atoms with Gasteiger partial charge in [-0.2, -0.15) is 0 Å². The molecule has 1 aromatic heterocycles. The van der Waals surface area contributed by atoms with Crippen LogP contribution in [0, 0.1) is 11.7 Å². The zero-order valence-electron chi connectivity index (χ0n) is 14.5. The van der Waals surface area contributed by atoms with E-state index >= 15 is 0 Å². The third kappa shape index (κ3) is 4.45. The number of nitrogens with one attached hydrogen (secondary N) is 1. The van der Waals surface area contributed by atoms with E-state index in [-0.39, 0.29) is 11.7 Å². The monoisotopic (exact) mass is 392 g/mol. The van der Waals surface area contributed by atoms with Crippen molar-refractivity contribution in [2.24, 2.45) is 11.7 Å². The molecule has 1 aromatic carbocycles. The van der Waals surface area contributed by atoms with Gasteiger partial charge in [0.25, 0.3) is 5.91 Å². The van der Waals surface area contributed by atoms with Crippen LogP contribution in [-0.2, 0) is 17.6 Å². The van der Waals surface area contributed by atoms with Gasteiger partial charge in [-0.3, -0.25) is 9.59 Å². The fourth-order valence-corrected chi connectivity index (χ4v) is 5.37. The normalized spacial score (nSPS) is 16.2. The number of amides is 2. The highest BCUT2D eigenvalue weighted by Gasteiger charge is 2.27. The van der Waals surface area contributed by atoms with Gasteiger partial charge in [-0.15, -0.1) is 23.1 Å². The summed E-state index contributed by atoms with van der Waals surface area (Å²) in [4.78, 5) is 26.2. The molecule has 26 heavy (non-hydrogen) atoms. The lowest BCUT2D eigenvalue weighted by atomic mass is 9.88. The minimum absolute atomic E-state index is 0.145. The molecule has 138 valence electrons. The highest BCUT2D eigenvalue weighted by Crippen LogP contribution is 2.39. The SMILES string of the molecule is C[C@@H]1CCc2c(sc(NC(=O)CCSc3ccc(F)cc3)c2C(N)=O)C1. The quantitative estimate of drug-likeness (QED) is 0.723. The highest BCUT2D eigenvalue weighted by molar-refractivity contribution is 7.99. The molecule has 0 saturated carbocycles. The van der Waals surface area contributed by atoms with Crippen LogP contribution in [0.15, 0.2) is 29.2 Å². The van der Waals surface area contributed by atoms with Gasteiger partial charge >= 0.3 is 0 Å². The zero-order chi connectivity index (χ0) is 18.7. The molecular weight excluding hydrogens is 371 g/mol. The van der Waals surface area contributed by atoms with Gasteiger partial charge in [0, 0.05) is 21.9 Å². The summed E-state index contributed by atoms with van der Waals surface area (Å²) < 4.78 is 12.9. The second-order valence-corrected chi connectivity index (χ2v) is 8.79. The van der Waals surface area contributed by atoms with Crippen molar-refractivity contribution in [3.05, 3.63) is 46.1 Å². The summed E-state index contributed by atoms with van der Waals surface area (Å²) in [7, 11) is 0. The van der Waals surface area contributed by atoms with Crippen LogP contribution in [0.25, 0.3) is 0 Å². The third-order valence-corrected chi connectivity index (χ3v) is 6.61. The molecule has 1 aliphatic rings. The Morgan fingerprint density at radius 2 is 2.08 bits per heavy atom. The van der Waals surface area contributed by atoms with Crippen LogP contribution in [0.1, 0.15) is 40.6 Å². The summed E-state index contributed by atoms with van der Waals surface area (Å²) in [6.07, 6.45) is 3.10. The molecule has 3 rings (SSSR count). The van der Waals surface area contributed by atoms with Crippen molar-refractivity contribution in [2.45, 2.75) is 37.5 Å². The molecule has 1 heterocycles. The molecule has 1 aliphatic carbocycles. The van der Waals surface area contributed by atoms with Gasteiger partial charge in [0.15, 0.2) is 0 Å². The molecule has 2 amide bonds. The number of hydrogen-bond donors (Lipinski definition) is 2. The van der Waals surface area contributed by atoms with Gasteiger partial charge < -0.3 is 11.1 Å². The Hall–Kier alpha value is -1.86. The lowest BCUT2D eigenvalue weighted by Gasteiger charge is -2.18. The first kappa shape index (κ1) is 18.9. The molecule has 0 aliphatic heterocycles. The molecule has 2 aromatic rings. The molecule has 3 N–H and O–H groups in total. The number of rotatable bonds is 6. The summed E-state index contributed by atoms with van der Waals surface area (Å²) in [5.41, 5.74) is 7.06. The number of carbonyl (C=O) groups is 2. The molecule has 7 heteroatoms. The maximum absolute atomic E-state index is 12.9. The largest absolute Gasteiger partial charge is 0.365 e. The second-order valence-electron chi connectivity index (χ2n) is 6.52. The van der Waals surface area contributed by atoms with Crippen molar-refractivity contribution in [3.63, 3.8) is 0 Å². The van der Waals surface area contributed by atoms with E-state index in [1.807, 2.05) is 0 Å². The first-order valence-corrected chi connectivity index (χ1v) is 10.4. The number of nitrogens with two attached hydrogens (primary N) is 1. The van der Waals surface area contributed by atoms with Gasteiger partial charge in [0.05, 0.1) is 5.56 Å². The maximum Gasteiger partial charge on any atom is 0.251 e. The average Bonchev–Trinajstić information content (AvgIpc) is 2.93. The Labute approximate surface area is 160 Å². The molecule has 0 radical (unpaired) electrons. The lowest BCUT2D eigenvalue weighted by molar-refractivity contribution is -0.115. The van der Waals surface area contributed by atoms with E-state index in [1.54, 1.807) is 12.1 Å². The molecule has 0 fully saturated rings. The van der Waals surface area contributed by atoms with Crippen molar-refractivity contribution in [2.75, 3.05) is 11.1 Å². The van der Waals surface area contributed by atoms with Gasteiger partial charge in [-0.1, -0.05) is 6.92 Å². The molecule has 0 unspecified atom stereocenters. The Morgan fingerprint density at radius 1 is 1.35 bits per heavy atom. The first-order chi connectivity index (χ1) is 12.4. The maximum atomic E-state index is 12.9. The van der Waals surface area contributed by atoms with Crippen LogP contribution in [0.4, 0.5) is 9.39 Å². The van der Waals surface area contributed by atoms with Crippen molar-refractivity contribution in [1.82, 2.24) is 0 Å². The average molecular weight is 393 g/mol. The van der Waals surface area contributed by atoms with E-state index in [1.165, 1.54) is 35.2 Å². The predicted molar refractivity (Wildman–Crippen MR) is 104 cm³/mol. The Kier molecular flexibility index (Phi) is 5.98. The van der Waals surface area contributed by atoms with Crippen LogP contribution in [0.2, 0.25) is 0 Å². The first-order valence-electron chi connectivity index (χ1n) is 8.56. The second kappa shape index (κ2) is 8.22. The van der Waals surface area contributed by atoms with Crippen LogP contribution >= 0.6 is 23.1 Å². The Bertz CT molecular complexity index is 818. The Balaban J connectivity index is 1.62. The highest BCUT2D eigenvalue weighted by atomic mass is 32.2. The topological polar surface area (TPSA) is 72.2 Å². The molecular formula is C19H21FN2O2S2. The fourth-order valence-electron chi connectivity index (χ4n) is 3.08. The molecule has 0 spiro atoms. The standard InChI is InChI=1S/C19H21FN2O2S2/c1-11-2-7-14-15(10-11)26-19(17(14)18(21)24)22-16(23)8-9-25-13-5-3-12(20)4-6-13/h3-6,11H,2,7-10H2,1H3,(H2,21,24)(H,22,23)/t11-/m1/s1. The number of fused-ring (bicyclic) bond motifs is 1. The zero-order valence-corrected chi connectivity index (χ0v) is 16.1. The summed E-state index contributed by atoms with van der Waals surface area (Å²) in [6, 6.07) is 6.19. The molecule has 0 saturated heterocycles.